The van der Waals surface area contributed by atoms with Crippen LogP contribution in [0.2, 0.25) is 5.02 Å². The number of nitrogens with zero attached hydrogens (tertiary/aromatic N) is 3. The molecule has 0 aromatic heterocycles. The summed E-state index contributed by atoms with van der Waals surface area (Å²) in [4.78, 5) is 10.7. The smallest absolute Gasteiger partial charge is 0.204 e. The quantitative estimate of drug-likeness (QED) is 0.816. The Morgan fingerprint density at radius 2 is 2.11 bits per heavy atom. The molecule has 1 aromatic rings. The second-order valence-corrected chi connectivity index (χ2v) is 4.65. The molecule has 1 aliphatic heterocycles. The van der Waals surface area contributed by atoms with E-state index in [-0.39, 0.29) is 6.17 Å². The summed E-state index contributed by atoms with van der Waals surface area (Å²) in [6, 6.07) is 7.50. The van der Waals surface area contributed by atoms with Crippen molar-refractivity contribution in [3.05, 3.63) is 29.3 Å². The molecule has 0 fully saturated rings. The lowest BCUT2D eigenvalue weighted by atomic mass is 10.3. The lowest BCUT2D eigenvalue weighted by Gasteiger charge is -2.24. The van der Waals surface area contributed by atoms with Gasteiger partial charge in [0, 0.05) is 24.8 Å². The van der Waals surface area contributed by atoms with Gasteiger partial charge in [0.2, 0.25) is 11.9 Å². The molecule has 96 valence electrons. The summed E-state index contributed by atoms with van der Waals surface area (Å²) >= 11 is 5.94. The molecular weight excluding hydrogens is 250 g/mol. The second kappa shape index (κ2) is 5.27. The molecule has 6 heteroatoms. The Labute approximate surface area is 112 Å². The Balaban J connectivity index is 2.11. The Bertz CT molecular complexity index is 495. The van der Waals surface area contributed by atoms with Gasteiger partial charge in [-0.1, -0.05) is 17.7 Å². The summed E-state index contributed by atoms with van der Waals surface area (Å²) < 4.78 is 0. The van der Waals surface area contributed by atoms with Crippen LogP contribution < -0.4 is 10.6 Å². The van der Waals surface area contributed by atoms with Gasteiger partial charge in [0.25, 0.3) is 0 Å². The second-order valence-electron chi connectivity index (χ2n) is 4.22. The van der Waals surface area contributed by atoms with Crippen molar-refractivity contribution in [1.82, 2.24) is 10.2 Å². The van der Waals surface area contributed by atoms with Crippen molar-refractivity contribution >= 4 is 29.2 Å². The lowest BCUT2D eigenvalue weighted by Crippen LogP contribution is -2.46. The number of nitrogens with one attached hydrogen (secondary N) is 2. The van der Waals surface area contributed by atoms with Gasteiger partial charge in [0.1, 0.15) is 6.17 Å². The first-order valence-corrected chi connectivity index (χ1v) is 6.05. The van der Waals surface area contributed by atoms with E-state index in [0.717, 1.165) is 11.6 Å². The summed E-state index contributed by atoms with van der Waals surface area (Å²) in [6.45, 7) is 1.93. The fraction of sp³-hybridized carbons (Fsp3) is 0.333. The van der Waals surface area contributed by atoms with Gasteiger partial charge in [-0.3, -0.25) is 5.32 Å². The molecule has 1 aliphatic rings. The maximum absolute atomic E-state index is 5.94. The SMILES string of the molecule is CC1N=C(Nc2cccc(Cl)c2)NC(N(C)C)=N1. The van der Waals surface area contributed by atoms with Crippen LogP contribution in [0.15, 0.2) is 34.3 Å². The van der Waals surface area contributed by atoms with E-state index >= 15 is 0 Å². The summed E-state index contributed by atoms with van der Waals surface area (Å²) in [6.07, 6.45) is -0.106. The van der Waals surface area contributed by atoms with Crippen LogP contribution in [0.5, 0.6) is 0 Å². The van der Waals surface area contributed by atoms with E-state index in [1.54, 1.807) is 0 Å². The molecule has 0 aliphatic carbocycles. The highest BCUT2D eigenvalue weighted by Gasteiger charge is 2.14. The van der Waals surface area contributed by atoms with Crippen molar-refractivity contribution in [2.45, 2.75) is 13.1 Å². The lowest BCUT2D eigenvalue weighted by molar-refractivity contribution is 0.582. The van der Waals surface area contributed by atoms with E-state index in [2.05, 4.69) is 20.6 Å². The Morgan fingerprint density at radius 3 is 2.78 bits per heavy atom. The van der Waals surface area contributed by atoms with Gasteiger partial charge in [-0.2, -0.15) is 0 Å². The third-order valence-corrected chi connectivity index (χ3v) is 2.60. The van der Waals surface area contributed by atoms with Gasteiger partial charge in [-0.25, -0.2) is 9.98 Å². The van der Waals surface area contributed by atoms with Gasteiger partial charge >= 0.3 is 0 Å². The molecule has 18 heavy (non-hydrogen) atoms. The van der Waals surface area contributed by atoms with Crippen LogP contribution in [0, 0.1) is 0 Å². The van der Waals surface area contributed by atoms with Gasteiger partial charge in [0.05, 0.1) is 0 Å². The third-order valence-electron chi connectivity index (χ3n) is 2.37. The molecule has 2 N–H and O–H groups in total. The van der Waals surface area contributed by atoms with Crippen LogP contribution in [-0.4, -0.2) is 37.1 Å². The molecule has 2 rings (SSSR count). The van der Waals surface area contributed by atoms with Crippen molar-refractivity contribution in [2.24, 2.45) is 9.98 Å². The molecule has 0 bridgehead atoms. The highest BCUT2D eigenvalue weighted by molar-refractivity contribution is 6.30. The monoisotopic (exact) mass is 265 g/mol. The van der Waals surface area contributed by atoms with E-state index in [1.807, 2.05) is 50.2 Å². The molecule has 5 nitrogen and oxygen atoms in total. The van der Waals surface area contributed by atoms with Crippen molar-refractivity contribution in [3.8, 4) is 0 Å². The van der Waals surface area contributed by atoms with Crippen LogP contribution in [-0.2, 0) is 0 Å². The average Bonchev–Trinajstić information content (AvgIpc) is 2.28. The van der Waals surface area contributed by atoms with Crippen molar-refractivity contribution in [1.29, 1.82) is 0 Å². The number of guanidine groups is 2. The van der Waals surface area contributed by atoms with Crippen LogP contribution in [0.25, 0.3) is 0 Å². The Hall–Kier alpha value is -1.75. The molecule has 0 amide bonds. The molecule has 1 unspecified atom stereocenters. The minimum Gasteiger partial charge on any atom is -0.349 e. The van der Waals surface area contributed by atoms with E-state index in [4.69, 9.17) is 11.6 Å². The number of anilines is 1. The van der Waals surface area contributed by atoms with E-state index in [9.17, 15) is 0 Å². The van der Waals surface area contributed by atoms with Crippen molar-refractivity contribution in [3.63, 3.8) is 0 Å². The number of halogens is 1. The average molecular weight is 266 g/mol. The topological polar surface area (TPSA) is 52.0 Å². The summed E-state index contributed by atoms with van der Waals surface area (Å²) in [5.41, 5.74) is 0.890. The number of rotatable bonds is 1. The fourth-order valence-corrected chi connectivity index (χ4v) is 1.75. The molecule has 0 radical (unpaired) electrons. The molecule has 1 heterocycles. The van der Waals surface area contributed by atoms with Gasteiger partial charge in [0.15, 0.2) is 0 Å². The summed E-state index contributed by atoms with van der Waals surface area (Å²) in [5.74, 6) is 1.45. The molecule has 0 saturated heterocycles. The number of hydrogen-bond acceptors (Lipinski definition) is 5. The predicted octanol–water partition coefficient (Wildman–Crippen LogP) is 1.97. The predicted molar refractivity (Wildman–Crippen MR) is 76.2 cm³/mol. The summed E-state index contributed by atoms with van der Waals surface area (Å²) in [5, 5.41) is 6.99. The number of benzene rings is 1. The minimum atomic E-state index is -0.106. The maximum atomic E-state index is 5.94. The van der Waals surface area contributed by atoms with E-state index < -0.39 is 0 Å². The van der Waals surface area contributed by atoms with Crippen molar-refractivity contribution < 1.29 is 0 Å². The summed E-state index contributed by atoms with van der Waals surface area (Å²) in [7, 11) is 3.86. The van der Waals surface area contributed by atoms with E-state index in [0.29, 0.717) is 11.0 Å². The zero-order valence-electron chi connectivity index (χ0n) is 10.6. The fourth-order valence-electron chi connectivity index (χ4n) is 1.56. The highest BCUT2D eigenvalue weighted by Crippen LogP contribution is 2.15. The van der Waals surface area contributed by atoms with Crippen LogP contribution >= 0.6 is 11.6 Å². The first-order chi connectivity index (χ1) is 8.54. The number of hydrogen-bond donors (Lipinski definition) is 2. The zero-order valence-corrected chi connectivity index (χ0v) is 11.4. The standard InChI is InChI=1S/C12H16ClN5/c1-8-14-11(17-12(15-8)18(2)3)16-10-6-4-5-9(13)7-10/h4-8H,1-3H3,(H2,14,15,16,17). The largest absolute Gasteiger partial charge is 0.349 e. The van der Waals surface area contributed by atoms with Gasteiger partial charge in [-0.05, 0) is 25.1 Å². The molecule has 1 aromatic carbocycles. The van der Waals surface area contributed by atoms with Gasteiger partial charge in [-0.15, -0.1) is 0 Å². The Morgan fingerprint density at radius 1 is 1.33 bits per heavy atom. The van der Waals surface area contributed by atoms with Crippen LogP contribution in [0.3, 0.4) is 0 Å². The first kappa shape index (κ1) is 12.7. The minimum absolute atomic E-state index is 0.106. The molecule has 0 spiro atoms. The highest BCUT2D eigenvalue weighted by atomic mass is 35.5. The molecule has 0 saturated carbocycles. The number of aliphatic imine (C=N–C) groups is 2. The Kier molecular flexibility index (Phi) is 3.72. The third kappa shape index (κ3) is 3.13. The molecule has 1 atom stereocenters. The zero-order chi connectivity index (χ0) is 13.1. The van der Waals surface area contributed by atoms with Crippen LogP contribution in [0.4, 0.5) is 5.69 Å². The molecular formula is C12H16ClN5. The normalized spacial score (nSPS) is 18.6. The first-order valence-electron chi connectivity index (χ1n) is 5.67. The van der Waals surface area contributed by atoms with Crippen LogP contribution in [0.1, 0.15) is 6.92 Å². The van der Waals surface area contributed by atoms with Gasteiger partial charge < -0.3 is 10.2 Å². The maximum Gasteiger partial charge on any atom is 0.204 e. The van der Waals surface area contributed by atoms with Crippen molar-refractivity contribution in [2.75, 3.05) is 19.4 Å². The van der Waals surface area contributed by atoms with E-state index in [1.165, 1.54) is 0 Å².